The molecular weight excluding hydrogens is 398 g/mol. The molecule has 3 aromatic rings. The Balaban J connectivity index is 1.85. The van der Waals surface area contributed by atoms with Gasteiger partial charge in [-0.3, -0.25) is 0 Å². The van der Waals surface area contributed by atoms with Crippen LogP contribution in [-0.4, -0.2) is 22.4 Å². The number of anilines is 2. The second kappa shape index (κ2) is 7.40. The summed E-state index contributed by atoms with van der Waals surface area (Å²) < 4.78 is 77.7. The van der Waals surface area contributed by atoms with Crippen LogP contribution in [0.3, 0.4) is 0 Å². The Morgan fingerprint density at radius 2 is 1.24 bits per heavy atom. The highest BCUT2D eigenvalue weighted by Crippen LogP contribution is 2.50. The van der Waals surface area contributed by atoms with Crippen molar-refractivity contribution < 1.29 is 31.4 Å². The quantitative estimate of drug-likeness (QED) is 0.532. The normalized spacial score (nSPS) is 12.7. The third-order valence-electron chi connectivity index (χ3n) is 4.27. The molecule has 0 unspecified atom stereocenters. The third-order valence-corrected chi connectivity index (χ3v) is 4.27. The molecule has 0 saturated heterocycles. The van der Waals surface area contributed by atoms with Crippen molar-refractivity contribution in [1.29, 1.82) is 0 Å². The van der Waals surface area contributed by atoms with Crippen molar-refractivity contribution in [2.75, 3.05) is 5.32 Å². The van der Waals surface area contributed by atoms with Gasteiger partial charge in [0.25, 0.3) is 5.60 Å². The van der Waals surface area contributed by atoms with Crippen LogP contribution in [0.5, 0.6) is 0 Å². The van der Waals surface area contributed by atoms with Crippen molar-refractivity contribution in [3.63, 3.8) is 0 Å². The molecule has 0 spiro atoms. The van der Waals surface area contributed by atoms with E-state index in [9.17, 15) is 31.4 Å². The molecule has 0 aliphatic carbocycles. The summed E-state index contributed by atoms with van der Waals surface area (Å²) in [6, 6.07) is 15.8. The van der Waals surface area contributed by atoms with Crippen molar-refractivity contribution in [3.8, 4) is 11.1 Å². The van der Waals surface area contributed by atoms with E-state index >= 15 is 0 Å². The summed E-state index contributed by atoms with van der Waals surface area (Å²) in [7, 11) is 0. The van der Waals surface area contributed by atoms with Crippen LogP contribution in [0.25, 0.3) is 11.1 Å². The molecule has 9 heteroatoms. The van der Waals surface area contributed by atoms with Crippen LogP contribution in [0.1, 0.15) is 5.56 Å². The van der Waals surface area contributed by atoms with Gasteiger partial charge in [0.2, 0.25) is 0 Å². The summed E-state index contributed by atoms with van der Waals surface area (Å²) in [5, 5.41) is 12.5. The number of hydrogen-bond donors (Lipinski definition) is 2. The molecule has 0 amide bonds. The maximum absolute atomic E-state index is 12.9. The summed E-state index contributed by atoms with van der Waals surface area (Å²) in [4.78, 5) is 4.18. The maximum Gasteiger partial charge on any atom is 0.430 e. The van der Waals surface area contributed by atoms with Crippen LogP contribution in [0.4, 0.5) is 37.8 Å². The Labute approximate surface area is 161 Å². The number of nitrogens with one attached hydrogen (secondary N) is 1. The van der Waals surface area contributed by atoms with Crippen LogP contribution in [0.2, 0.25) is 0 Å². The van der Waals surface area contributed by atoms with E-state index in [1.165, 1.54) is 6.20 Å². The molecule has 2 aromatic carbocycles. The number of benzene rings is 2. The van der Waals surface area contributed by atoms with Crippen molar-refractivity contribution in [2.24, 2.45) is 0 Å². The minimum absolute atomic E-state index is 0.346. The summed E-state index contributed by atoms with van der Waals surface area (Å²) in [5.74, 6) is 0.514. The fraction of sp³-hybridized carbons (Fsp3) is 0.150. The zero-order chi connectivity index (χ0) is 21.3. The van der Waals surface area contributed by atoms with Gasteiger partial charge in [-0.1, -0.05) is 42.5 Å². The summed E-state index contributed by atoms with van der Waals surface area (Å²) >= 11 is 0. The van der Waals surface area contributed by atoms with Gasteiger partial charge in [0, 0.05) is 23.0 Å². The van der Waals surface area contributed by atoms with E-state index in [4.69, 9.17) is 0 Å². The molecule has 3 rings (SSSR count). The lowest BCUT2D eigenvalue weighted by molar-refractivity contribution is -0.376. The first-order chi connectivity index (χ1) is 13.5. The second-order valence-electron chi connectivity index (χ2n) is 6.21. The molecule has 152 valence electrons. The Bertz CT molecular complexity index is 938. The van der Waals surface area contributed by atoms with Crippen molar-refractivity contribution in [2.45, 2.75) is 18.0 Å². The zero-order valence-electron chi connectivity index (χ0n) is 14.6. The number of nitrogens with zero attached hydrogens (tertiary/aromatic N) is 1. The van der Waals surface area contributed by atoms with Crippen molar-refractivity contribution in [3.05, 3.63) is 78.5 Å². The predicted molar refractivity (Wildman–Crippen MR) is 95.4 cm³/mol. The van der Waals surface area contributed by atoms with E-state index in [2.05, 4.69) is 10.3 Å². The number of aromatic nitrogens is 1. The Morgan fingerprint density at radius 1 is 0.690 bits per heavy atom. The van der Waals surface area contributed by atoms with E-state index in [1.807, 2.05) is 30.3 Å². The first kappa shape index (κ1) is 20.7. The van der Waals surface area contributed by atoms with Crippen LogP contribution < -0.4 is 5.32 Å². The van der Waals surface area contributed by atoms with E-state index in [0.717, 1.165) is 17.8 Å². The van der Waals surface area contributed by atoms with Crippen molar-refractivity contribution in [1.82, 2.24) is 4.98 Å². The molecule has 29 heavy (non-hydrogen) atoms. The van der Waals surface area contributed by atoms with Crippen LogP contribution in [-0.2, 0) is 5.60 Å². The molecule has 0 aliphatic heterocycles. The molecular formula is C20H14F6N2O. The summed E-state index contributed by atoms with van der Waals surface area (Å²) in [6.45, 7) is 0. The minimum Gasteiger partial charge on any atom is -0.369 e. The van der Waals surface area contributed by atoms with Gasteiger partial charge in [0.1, 0.15) is 5.82 Å². The Hall–Kier alpha value is -3.07. The van der Waals surface area contributed by atoms with Crippen LogP contribution >= 0.6 is 0 Å². The number of aliphatic hydroxyl groups is 1. The van der Waals surface area contributed by atoms with Gasteiger partial charge in [-0.15, -0.1) is 0 Å². The molecule has 1 aromatic heterocycles. The molecule has 0 bridgehead atoms. The van der Waals surface area contributed by atoms with E-state index < -0.39 is 23.5 Å². The fourth-order valence-electron chi connectivity index (χ4n) is 2.70. The van der Waals surface area contributed by atoms with Gasteiger partial charge in [0.05, 0.1) is 0 Å². The average Bonchev–Trinajstić information content (AvgIpc) is 2.67. The minimum atomic E-state index is -5.92. The van der Waals surface area contributed by atoms with Gasteiger partial charge >= 0.3 is 12.4 Å². The lowest BCUT2D eigenvalue weighted by Gasteiger charge is -2.32. The lowest BCUT2D eigenvalue weighted by Crippen LogP contribution is -2.53. The van der Waals surface area contributed by atoms with Gasteiger partial charge in [-0.2, -0.15) is 26.3 Å². The molecule has 0 fully saturated rings. The summed E-state index contributed by atoms with van der Waals surface area (Å²) in [5.41, 5.74) is -4.62. The highest BCUT2D eigenvalue weighted by molar-refractivity contribution is 5.65. The van der Waals surface area contributed by atoms with Crippen LogP contribution in [0, 0.1) is 0 Å². The molecule has 3 nitrogen and oxygen atoms in total. The highest BCUT2D eigenvalue weighted by Gasteiger charge is 2.71. The van der Waals surface area contributed by atoms with E-state index in [1.54, 1.807) is 12.1 Å². The number of para-hydroxylation sites is 1. The first-order valence-corrected chi connectivity index (χ1v) is 8.27. The standard InChI is InChI=1S/C20H14F6N2O/c21-19(22,23)18(29,20(24,25)26)15-9-6-13(7-10-15)14-8-11-17(27-12-14)28-16-4-2-1-3-5-16/h1-12,29H,(H,27,28). The largest absolute Gasteiger partial charge is 0.430 e. The number of halogens is 6. The van der Waals surface area contributed by atoms with E-state index in [0.29, 0.717) is 29.1 Å². The van der Waals surface area contributed by atoms with Gasteiger partial charge in [0.15, 0.2) is 0 Å². The van der Waals surface area contributed by atoms with Gasteiger partial charge in [-0.05, 0) is 29.8 Å². The Morgan fingerprint density at radius 3 is 1.72 bits per heavy atom. The Kier molecular flexibility index (Phi) is 5.27. The molecule has 2 N–H and O–H groups in total. The van der Waals surface area contributed by atoms with Gasteiger partial charge < -0.3 is 10.4 Å². The molecule has 1 heterocycles. The number of rotatable bonds is 4. The topological polar surface area (TPSA) is 45.1 Å². The molecule has 0 radical (unpaired) electrons. The smallest absolute Gasteiger partial charge is 0.369 e. The lowest BCUT2D eigenvalue weighted by atomic mass is 9.91. The number of hydrogen-bond acceptors (Lipinski definition) is 3. The second-order valence-corrected chi connectivity index (χ2v) is 6.21. The molecule has 0 saturated carbocycles. The third kappa shape index (κ3) is 4.04. The predicted octanol–water partition coefficient (Wildman–Crippen LogP) is 5.80. The monoisotopic (exact) mass is 412 g/mol. The highest BCUT2D eigenvalue weighted by atomic mass is 19.4. The van der Waals surface area contributed by atoms with Crippen molar-refractivity contribution >= 4 is 11.5 Å². The maximum atomic E-state index is 12.9. The molecule has 0 aliphatic rings. The SMILES string of the molecule is OC(c1ccc(-c2ccc(Nc3ccccc3)nc2)cc1)(C(F)(F)F)C(F)(F)F. The van der Waals surface area contributed by atoms with E-state index in [-0.39, 0.29) is 0 Å². The van der Waals surface area contributed by atoms with Crippen LogP contribution in [0.15, 0.2) is 72.9 Å². The number of pyridine rings is 1. The average molecular weight is 412 g/mol. The zero-order valence-corrected chi connectivity index (χ0v) is 14.6. The molecule has 0 atom stereocenters. The first-order valence-electron chi connectivity index (χ1n) is 8.27. The van der Waals surface area contributed by atoms with Gasteiger partial charge in [-0.25, -0.2) is 4.98 Å². The fourth-order valence-corrected chi connectivity index (χ4v) is 2.70. The summed E-state index contributed by atoms with van der Waals surface area (Å²) in [6.07, 6.45) is -10.4. The number of alkyl halides is 6.